The maximum atomic E-state index is 12.7. The molecule has 0 radical (unpaired) electrons. The number of anilines is 1. The van der Waals surface area contributed by atoms with E-state index in [1.54, 1.807) is 6.20 Å². The number of carbonyl (C=O) groups excluding carboxylic acids is 1. The Morgan fingerprint density at radius 3 is 2.89 bits per heavy atom. The first-order valence-corrected chi connectivity index (χ1v) is 9.59. The lowest BCUT2D eigenvalue weighted by molar-refractivity contribution is 0.102. The zero-order chi connectivity index (χ0) is 19.8. The molecule has 0 saturated heterocycles. The van der Waals surface area contributed by atoms with Gasteiger partial charge in [-0.05, 0) is 62.1 Å². The lowest BCUT2D eigenvalue weighted by Crippen LogP contribution is -2.15. The summed E-state index contributed by atoms with van der Waals surface area (Å²) in [7, 11) is 0. The third-order valence-corrected chi connectivity index (χ3v) is 4.27. The predicted molar refractivity (Wildman–Crippen MR) is 113 cm³/mol. The summed E-state index contributed by atoms with van der Waals surface area (Å²) in [6, 6.07) is 13.0. The van der Waals surface area contributed by atoms with E-state index >= 15 is 0 Å². The maximum Gasteiger partial charge on any atom is 0.274 e. The van der Waals surface area contributed by atoms with Crippen LogP contribution >= 0.6 is 0 Å². The number of carbonyl (C=O) groups is 1. The van der Waals surface area contributed by atoms with Gasteiger partial charge in [-0.15, -0.1) is 0 Å². The Balaban J connectivity index is 1.64. The smallest absolute Gasteiger partial charge is 0.274 e. The van der Waals surface area contributed by atoms with E-state index in [1.165, 1.54) is 0 Å². The number of ether oxygens (including phenoxy) is 1. The fourth-order valence-corrected chi connectivity index (χ4v) is 2.86. The van der Waals surface area contributed by atoms with Gasteiger partial charge < -0.3 is 10.1 Å². The number of nitrogens with zero attached hydrogens (tertiary/aromatic N) is 2. The SMILES string of the molecule is CCC=CCCCOc1cccc(NC(=O)c2nc3cccnc3cc2C)c1. The highest BCUT2D eigenvalue weighted by Crippen LogP contribution is 2.20. The molecule has 0 aliphatic heterocycles. The number of hydrogen-bond donors (Lipinski definition) is 1. The van der Waals surface area contributed by atoms with E-state index in [2.05, 4.69) is 34.4 Å². The minimum atomic E-state index is -0.245. The summed E-state index contributed by atoms with van der Waals surface area (Å²) in [5.74, 6) is 0.495. The Kier molecular flexibility index (Phi) is 6.73. The van der Waals surface area contributed by atoms with E-state index in [0.717, 1.165) is 36.1 Å². The molecule has 0 fully saturated rings. The van der Waals surface area contributed by atoms with E-state index in [0.29, 0.717) is 23.5 Å². The Bertz CT molecular complexity index is 982. The molecule has 0 atom stereocenters. The first-order valence-electron chi connectivity index (χ1n) is 9.59. The highest BCUT2D eigenvalue weighted by molar-refractivity contribution is 6.05. The fraction of sp³-hybridized carbons (Fsp3) is 0.261. The van der Waals surface area contributed by atoms with Gasteiger partial charge in [-0.25, -0.2) is 4.98 Å². The molecule has 1 aromatic carbocycles. The lowest BCUT2D eigenvalue weighted by atomic mass is 10.1. The molecule has 28 heavy (non-hydrogen) atoms. The second-order valence-corrected chi connectivity index (χ2v) is 6.55. The lowest BCUT2D eigenvalue weighted by Gasteiger charge is -2.10. The molecule has 144 valence electrons. The molecule has 0 bridgehead atoms. The zero-order valence-corrected chi connectivity index (χ0v) is 16.3. The van der Waals surface area contributed by atoms with Gasteiger partial charge in [0.2, 0.25) is 0 Å². The molecule has 2 heterocycles. The second-order valence-electron chi connectivity index (χ2n) is 6.55. The summed E-state index contributed by atoms with van der Waals surface area (Å²) in [5.41, 5.74) is 3.35. The number of pyridine rings is 2. The predicted octanol–water partition coefficient (Wildman–Crippen LogP) is 5.32. The monoisotopic (exact) mass is 375 g/mol. The van der Waals surface area contributed by atoms with Crippen molar-refractivity contribution in [1.29, 1.82) is 0 Å². The molecule has 0 saturated carbocycles. The summed E-state index contributed by atoms with van der Waals surface area (Å²) in [6.07, 6.45) is 9.08. The number of amides is 1. The number of fused-ring (bicyclic) bond motifs is 1. The first kappa shape index (κ1) is 19.5. The number of rotatable bonds is 8. The van der Waals surface area contributed by atoms with Gasteiger partial charge in [0, 0.05) is 18.0 Å². The molecule has 5 heteroatoms. The van der Waals surface area contributed by atoms with Gasteiger partial charge in [0.25, 0.3) is 5.91 Å². The molecule has 0 aliphatic rings. The number of aromatic nitrogens is 2. The van der Waals surface area contributed by atoms with Crippen LogP contribution in [0.15, 0.2) is 60.8 Å². The van der Waals surface area contributed by atoms with Crippen LogP contribution in [0.4, 0.5) is 5.69 Å². The zero-order valence-electron chi connectivity index (χ0n) is 16.3. The summed E-state index contributed by atoms with van der Waals surface area (Å²) in [4.78, 5) is 21.4. The van der Waals surface area contributed by atoms with Crippen molar-refractivity contribution in [2.75, 3.05) is 11.9 Å². The molecule has 3 rings (SSSR count). The van der Waals surface area contributed by atoms with Crippen LogP contribution in [0.2, 0.25) is 0 Å². The summed E-state index contributed by atoms with van der Waals surface area (Å²) < 4.78 is 5.79. The summed E-state index contributed by atoms with van der Waals surface area (Å²) in [5, 5.41) is 2.91. The van der Waals surface area contributed by atoms with Crippen LogP contribution in [-0.4, -0.2) is 22.5 Å². The number of nitrogens with one attached hydrogen (secondary N) is 1. The van der Waals surface area contributed by atoms with Crippen LogP contribution in [0, 0.1) is 6.92 Å². The van der Waals surface area contributed by atoms with Crippen molar-refractivity contribution in [3.8, 4) is 5.75 Å². The molecule has 5 nitrogen and oxygen atoms in total. The first-order chi connectivity index (χ1) is 13.7. The molecule has 1 amide bonds. The Hall–Kier alpha value is -3.21. The van der Waals surface area contributed by atoms with Crippen LogP contribution < -0.4 is 10.1 Å². The quantitative estimate of drug-likeness (QED) is 0.428. The van der Waals surface area contributed by atoms with E-state index in [9.17, 15) is 4.79 Å². The second kappa shape index (κ2) is 9.65. The van der Waals surface area contributed by atoms with E-state index in [-0.39, 0.29) is 5.91 Å². The van der Waals surface area contributed by atoms with Crippen molar-refractivity contribution in [2.24, 2.45) is 0 Å². The van der Waals surface area contributed by atoms with Crippen LogP contribution in [-0.2, 0) is 0 Å². The van der Waals surface area contributed by atoms with Gasteiger partial charge in [-0.2, -0.15) is 0 Å². The normalized spacial score (nSPS) is 11.1. The molecule has 3 aromatic rings. The van der Waals surface area contributed by atoms with Gasteiger partial charge in [-0.3, -0.25) is 9.78 Å². The number of unbranched alkanes of at least 4 members (excludes halogenated alkanes) is 1. The third-order valence-electron chi connectivity index (χ3n) is 4.27. The Morgan fingerprint density at radius 2 is 2.04 bits per heavy atom. The van der Waals surface area contributed by atoms with Gasteiger partial charge in [-0.1, -0.05) is 25.1 Å². The standard InChI is InChI=1S/C23H25N3O2/c1-3-4-5-6-7-14-28-19-11-8-10-18(16-19)25-23(27)22-17(2)15-21-20(26-22)12-9-13-24-21/h4-5,8-13,15-16H,3,6-7,14H2,1-2H3,(H,25,27). The minimum Gasteiger partial charge on any atom is -0.494 e. The molecule has 0 unspecified atom stereocenters. The van der Waals surface area contributed by atoms with Crippen LogP contribution in [0.25, 0.3) is 11.0 Å². The van der Waals surface area contributed by atoms with Crippen molar-refractivity contribution >= 4 is 22.6 Å². The average molecular weight is 375 g/mol. The Morgan fingerprint density at radius 1 is 1.14 bits per heavy atom. The fourth-order valence-electron chi connectivity index (χ4n) is 2.86. The molecular weight excluding hydrogens is 350 g/mol. The van der Waals surface area contributed by atoms with Crippen LogP contribution in [0.5, 0.6) is 5.75 Å². The number of hydrogen-bond acceptors (Lipinski definition) is 4. The topological polar surface area (TPSA) is 64.1 Å². The molecule has 0 spiro atoms. The Labute approximate surface area is 165 Å². The van der Waals surface area contributed by atoms with E-state index < -0.39 is 0 Å². The van der Waals surface area contributed by atoms with Crippen molar-refractivity contribution in [1.82, 2.24) is 9.97 Å². The summed E-state index contributed by atoms with van der Waals surface area (Å²) in [6.45, 7) is 4.63. The largest absolute Gasteiger partial charge is 0.494 e. The third kappa shape index (κ3) is 5.16. The highest BCUT2D eigenvalue weighted by atomic mass is 16.5. The van der Waals surface area contributed by atoms with E-state index in [4.69, 9.17) is 4.74 Å². The molecular formula is C23H25N3O2. The number of benzene rings is 1. The van der Waals surface area contributed by atoms with Crippen molar-refractivity contribution in [2.45, 2.75) is 33.1 Å². The van der Waals surface area contributed by atoms with Gasteiger partial charge in [0.1, 0.15) is 11.4 Å². The van der Waals surface area contributed by atoms with Gasteiger partial charge in [0.05, 0.1) is 17.6 Å². The van der Waals surface area contributed by atoms with Crippen molar-refractivity contribution in [3.05, 3.63) is 72.1 Å². The van der Waals surface area contributed by atoms with Crippen LogP contribution in [0.3, 0.4) is 0 Å². The molecule has 1 N–H and O–H groups in total. The number of allylic oxidation sites excluding steroid dienone is 2. The van der Waals surface area contributed by atoms with E-state index in [1.807, 2.05) is 49.4 Å². The molecule has 2 aromatic heterocycles. The summed E-state index contributed by atoms with van der Waals surface area (Å²) >= 11 is 0. The van der Waals surface area contributed by atoms with Gasteiger partial charge in [0.15, 0.2) is 0 Å². The molecule has 0 aliphatic carbocycles. The van der Waals surface area contributed by atoms with Crippen molar-refractivity contribution in [3.63, 3.8) is 0 Å². The van der Waals surface area contributed by atoms with Gasteiger partial charge >= 0.3 is 0 Å². The van der Waals surface area contributed by atoms with Crippen molar-refractivity contribution < 1.29 is 9.53 Å². The number of aryl methyl sites for hydroxylation is 1. The maximum absolute atomic E-state index is 12.7. The highest BCUT2D eigenvalue weighted by Gasteiger charge is 2.13. The minimum absolute atomic E-state index is 0.245. The average Bonchev–Trinajstić information content (AvgIpc) is 2.70. The van der Waals surface area contributed by atoms with Crippen LogP contribution in [0.1, 0.15) is 42.2 Å².